The summed E-state index contributed by atoms with van der Waals surface area (Å²) in [5.41, 5.74) is 4.01. The van der Waals surface area contributed by atoms with Gasteiger partial charge in [0, 0.05) is 47.2 Å². The number of benzene rings is 2. The zero-order valence-corrected chi connectivity index (χ0v) is 17.5. The number of aromatic nitrogens is 3. The summed E-state index contributed by atoms with van der Waals surface area (Å²) in [6.45, 7) is 0. The van der Waals surface area contributed by atoms with E-state index in [1.165, 1.54) is 0 Å². The van der Waals surface area contributed by atoms with Crippen molar-refractivity contribution in [1.29, 1.82) is 0 Å². The van der Waals surface area contributed by atoms with Gasteiger partial charge in [-0.1, -0.05) is 48.5 Å². The fourth-order valence-electron chi connectivity index (χ4n) is 4.42. The van der Waals surface area contributed by atoms with Crippen molar-refractivity contribution >= 4 is 34.1 Å². The van der Waals surface area contributed by atoms with E-state index >= 15 is 0 Å². The maximum atomic E-state index is 13.5. The Kier molecular flexibility index (Phi) is 4.79. The van der Waals surface area contributed by atoms with Crippen LogP contribution in [0.2, 0.25) is 0 Å². The number of para-hydroxylation sites is 1. The van der Waals surface area contributed by atoms with Gasteiger partial charge in [-0.05, 0) is 41.6 Å². The molecule has 0 unspecified atom stereocenters. The molecule has 1 aliphatic rings. The fraction of sp³-hybridized carbons (Fsp3) is 0.115. The van der Waals surface area contributed by atoms with E-state index in [1.807, 2.05) is 71.6 Å². The maximum absolute atomic E-state index is 13.5. The van der Waals surface area contributed by atoms with Crippen molar-refractivity contribution in [3.05, 3.63) is 107 Å². The maximum Gasteiger partial charge on any atom is 0.259 e. The number of hydrogen-bond acceptors (Lipinski definition) is 3. The van der Waals surface area contributed by atoms with E-state index in [9.17, 15) is 4.79 Å². The Labute approximate surface area is 185 Å². The molecule has 4 nitrogen and oxygen atoms in total. The van der Waals surface area contributed by atoms with E-state index in [1.54, 1.807) is 6.20 Å². The van der Waals surface area contributed by atoms with Gasteiger partial charge in [0.1, 0.15) is 0 Å². The van der Waals surface area contributed by atoms with Crippen LogP contribution in [0.5, 0.6) is 0 Å². The number of halogens is 1. The van der Waals surface area contributed by atoms with Gasteiger partial charge >= 0.3 is 0 Å². The molecule has 1 aliphatic carbocycles. The lowest BCUT2D eigenvalue weighted by atomic mass is 10.0. The zero-order valence-electron chi connectivity index (χ0n) is 16.7. The molecule has 1 fully saturated rings. The smallest absolute Gasteiger partial charge is 0.259 e. The van der Waals surface area contributed by atoms with Gasteiger partial charge < -0.3 is 4.57 Å². The van der Waals surface area contributed by atoms with Gasteiger partial charge in [-0.15, -0.1) is 12.4 Å². The van der Waals surface area contributed by atoms with Crippen molar-refractivity contribution in [3.63, 3.8) is 0 Å². The molecule has 3 aromatic heterocycles. The molecule has 0 bridgehead atoms. The van der Waals surface area contributed by atoms with Crippen LogP contribution in [0.15, 0.2) is 96.2 Å². The molecule has 0 radical (unpaired) electrons. The van der Waals surface area contributed by atoms with Crippen molar-refractivity contribution in [2.45, 2.75) is 18.4 Å². The summed E-state index contributed by atoms with van der Waals surface area (Å²) < 4.78 is 1.89. The van der Waals surface area contributed by atoms with Gasteiger partial charge in [0.05, 0.1) is 10.9 Å². The number of nitrogens with zero attached hydrogens (tertiary/aromatic N) is 3. The second kappa shape index (κ2) is 7.64. The minimum Gasteiger partial charge on any atom is -0.311 e. The van der Waals surface area contributed by atoms with Gasteiger partial charge in [0.2, 0.25) is 0 Å². The van der Waals surface area contributed by atoms with E-state index in [0.29, 0.717) is 0 Å². The first-order valence-electron chi connectivity index (χ1n) is 10.2. The fourth-order valence-corrected chi connectivity index (χ4v) is 4.42. The van der Waals surface area contributed by atoms with E-state index in [-0.39, 0.29) is 29.9 Å². The lowest BCUT2D eigenvalue weighted by molar-refractivity contribution is 0.688. The Morgan fingerprint density at radius 3 is 2.61 bits per heavy atom. The standard InChI is InChI=1S/C26H19N3O.ClH/c30-26-25-18(6-3-8-20(25)19-7-4-13-27-16-19)12-14-29(26)24-15-21(24)23-11-10-17-5-1-2-9-22(17)28-23;/h1-14,16,21,24H,15H2;1H/t21-,24+;/m0./s1. The molecule has 1 saturated carbocycles. The Morgan fingerprint density at radius 2 is 1.74 bits per heavy atom. The Bertz CT molecular complexity index is 1460. The molecule has 0 aliphatic heterocycles. The average Bonchev–Trinajstić information content (AvgIpc) is 3.60. The number of fused-ring (bicyclic) bond motifs is 2. The van der Waals surface area contributed by atoms with Crippen LogP contribution < -0.4 is 5.56 Å². The molecular formula is C26H20ClN3O. The third-order valence-electron chi connectivity index (χ3n) is 6.05. The molecule has 5 heteroatoms. The normalized spacial score (nSPS) is 17.4. The monoisotopic (exact) mass is 425 g/mol. The molecule has 2 aromatic carbocycles. The van der Waals surface area contributed by atoms with Crippen molar-refractivity contribution in [3.8, 4) is 11.1 Å². The average molecular weight is 426 g/mol. The highest BCUT2D eigenvalue weighted by molar-refractivity contribution is 5.95. The van der Waals surface area contributed by atoms with Crippen LogP contribution in [0, 0.1) is 0 Å². The van der Waals surface area contributed by atoms with Crippen LogP contribution in [0.4, 0.5) is 0 Å². The van der Waals surface area contributed by atoms with Crippen molar-refractivity contribution < 1.29 is 0 Å². The van der Waals surface area contributed by atoms with E-state index in [2.05, 4.69) is 23.2 Å². The van der Waals surface area contributed by atoms with Crippen LogP contribution in [0.25, 0.3) is 32.8 Å². The molecule has 0 spiro atoms. The van der Waals surface area contributed by atoms with Gasteiger partial charge in [-0.2, -0.15) is 0 Å². The third kappa shape index (κ3) is 3.29. The van der Waals surface area contributed by atoms with Gasteiger partial charge in [0.15, 0.2) is 0 Å². The summed E-state index contributed by atoms with van der Waals surface area (Å²) in [5.74, 6) is 0.273. The van der Waals surface area contributed by atoms with E-state index < -0.39 is 0 Å². The Morgan fingerprint density at radius 1 is 0.871 bits per heavy atom. The number of pyridine rings is 3. The summed E-state index contributed by atoms with van der Waals surface area (Å²) in [6.07, 6.45) is 6.43. The first-order valence-corrected chi connectivity index (χ1v) is 10.2. The lowest BCUT2D eigenvalue weighted by Crippen LogP contribution is -2.19. The summed E-state index contributed by atoms with van der Waals surface area (Å²) >= 11 is 0. The van der Waals surface area contributed by atoms with Gasteiger partial charge in [-0.3, -0.25) is 14.8 Å². The summed E-state index contributed by atoms with van der Waals surface area (Å²) in [6, 6.07) is 24.5. The highest BCUT2D eigenvalue weighted by Gasteiger charge is 2.41. The first-order chi connectivity index (χ1) is 14.8. The summed E-state index contributed by atoms with van der Waals surface area (Å²) in [5, 5.41) is 2.85. The first kappa shape index (κ1) is 19.5. The molecule has 6 rings (SSSR count). The van der Waals surface area contributed by atoms with Crippen LogP contribution in [-0.2, 0) is 0 Å². The predicted octanol–water partition coefficient (Wildman–Crippen LogP) is 5.76. The molecule has 5 aromatic rings. The van der Waals surface area contributed by atoms with Gasteiger partial charge in [-0.25, -0.2) is 0 Å². The quantitative estimate of drug-likeness (QED) is 0.369. The number of hydrogen-bond donors (Lipinski definition) is 0. The van der Waals surface area contributed by atoms with Gasteiger partial charge in [0.25, 0.3) is 5.56 Å². The second-order valence-electron chi connectivity index (χ2n) is 7.88. The zero-order chi connectivity index (χ0) is 20.1. The van der Waals surface area contributed by atoms with Crippen molar-refractivity contribution in [2.24, 2.45) is 0 Å². The summed E-state index contributed by atoms with van der Waals surface area (Å²) in [7, 11) is 0. The predicted molar refractivity (Wildman–Crippen MR) is 127 cm³/mol. The third-order valence-corrected chi connectivity index (χ3v) is 6.05. The number of rotatable bonds is 3. The molecule has 0 amide bonds. The van der Waals surface area contributed by atoms with E-state index in [4.69, 9.17) is 4.98 Å². The molecule has 0 saturated heterocycles. The Balaban J connectivity index is 0.00000204. The topological polar surface area (TPSA) is 47.8 Å². The highest BCUT2D eigenvalue weighted by Crippen LogP contribution is 2.50. The summed E-state index contributed by atoms with van der Waals surface area (Å²) in [4.78, 5) is 22.6. The Hall–Kier alpha value is -3.50. The lowest BCUT2D eigenvalue weighted by Gasteiger charge is -2.11. The van der Waals surface area contributed by atoms with Crippen LogP contribution in [0.3, 0.4) is 0 Å². The van der Waals surface area contributed by atoms with Crippen LogP contribution >= 0.6 is 12.4 Å². The second-order valence-corrected chi connectivity index (χ2v) is 7.88. The molecule has 3 heterocycles. The van der Waals surface area contributed by atoms with Crippen LogP contribution in [0.1, 0.15) is 24.1 Å². The largest absolute Gasteiger partial charge is 0.311 e. The molecule has 2 atom stereocenters. The molecular weight excluding hydrogens is 406 g/mol. The molecule has 0 N–H and O–H groups in total. The molecule has 31 heavy (non-hydrogen) atoms. The van der Waals surface area contributed by atoms with Crippen LogP contribution in [-0.4, -0.2) is 14.5 Å². The highest BCUT2D eigenvalue weighted by atomic mass is 35.5. The molecule has 152 valence electrons. The minimum absolute atomic E-state index is 0. The van der Waals surface area contributed by atoms with E-state index in [0.717, 1.165) is 44.9 Å². The van der Waals surface area contributed by atoms with Crippen molar-refractivity contribution in [1.82, 2.24) is 14.5 Å². The SMILES string of the molecule is Cl.O=c1c2c(-c3cccnc3)cccc2ccn1[C@@H]1C[C@H]1c1ccc2ccccc2n1. The minimum atomic E-state index is 0. The van der Waals surface area contributed by atoms with Crippen molar-refractivity contribution in [2.75, 3.05) is 0 Å².